The summed E-state index contributed by atoms with van der Waals surface area (Å²) in [6.07, 6.45) is 0.574. The molecule has 0 aromatic heterocycles. The average molecular weight is 588 g/mol. The smallest absolute Gasteiger partial charge is 0.243 e. The van der Waals surface area contributed by atoms with Gasteiger partial charge in [-0.2, -0.15) is 0 Å². The summed E-state index contributed by atoms with van der Waals surface area (Å²) in [4.78, 5) is 29.9. The van der Waals surface area contributed by atoms with Crippen LogP contribution in [0.25, 0.3) is 0 Å². The SMILES string of the molecule is CC(C)CNC(=O)[C@H](Cc1ccccc1)N(Cc1ccc(Cl)cc1Cl)C(=O)CC(c1ccccc1)c1ccccc1. The third kappa shape index (κ3) is 8.69. The van der Waals surface area contributed by atoms with Crippen molar-refractivity contribution in [2.75, 3.05) is 6.54 Å². The highest BCUT2D eigenvalue weighted by molar-refractivity contribution is 6.35. The van der Waals surface area contributed by atoms with E-state index in [9.17, 15) is 9.59 Å². The van der Waals surface area contributed by atoms with E-state index < -0.39 is 6.04 Å². The van der Waals surface area contributed by atoms with E-state index in [1.54, 1.807) is 17.0 Å². The van der Waals surface area contributed by atoms with Crippen LogP contribution in [0.4, 0.5) is 0 Å². The molecule has 0 aliphatic heterocycles. The summed E-state index contributed by atoms with van der Waals surface area (Å²) in [6, 6.07) is 34.4. The first-order valence-corrected chi connectivity index (χ1v) is 14.7. The predicted molar refractivity (Wildman–Crippen MR) is 168 cm³/mol. The predicted octanol–water partition coefficient (Wildman–Crippen LogP) is 7.93. The van der Waals surface area contributed by atoms with E-state index in [-0.39, 0.29) is 36.6 Å². The van der Waals surface area contributed by atoms with Crippen molar-refractivity contribution >= 4 is 35.0 Å². The third-order valence-corrected chi connectivity index (χ3v) is 7.68. The number of carbonyl (C=O) groups is 2. The maximum atomic E-state index is 14.4. The van der Waals surface area contributed by atoms with Gasteiger partial charge in [-0.25, -0.2) is 0 Å². The fourth-order valence-electron chi connectivity index (χ4n) is 4.90. The van der Waals surface area contributed by atoms with Crippen molar-refractivity contribution in [1.82, 2.24) is 10.2 Å². The van der Waals surface area contributed by atoms with E-state index >= 15 is 0 Å². The Hall–Kier alpha value is -3.60. The lowest BCUT2D eigenvalue weighted by atomic mass is 9.87. The maximum Gasteiger partial charge on any atom is 0.243 e. The number of nitrogens with one attached hydrogen (secondary N) is 1. The van der Waals surface area contributed by atoms with Crippen LogP contribution in [-0.2, 0) is 22.6 Å². The summed E-state index contributed by atoms with van der Waals surface area (Å²) in [7, 11) is 0. The van der Waals surface area contributed by atoms with Crippen LogP contribution >= 0.6 is 23.2 Å². The van der Waals surface area contributed by atoms with Crippen LogP contribution in [0.5, 0.6) is 0 Å². The zero-order chi connectivity index (χ0) is 29.2. The second kappa shape index (κ2) is 14.9. The Morgan fingerprint density at radius 3 is 1.88 bits per heavy atom. The summed E-state index contributed by atoms with van der Waals surface area (Å²) in [5, 5.41) is 4.05. The highest BCUT2D eigenvalue weighted by atomic mass is 35.5. The molecule has 0 saturated heterocycles. The molecule has 4 aromatic rings. The van der Waals surface area contributed by atoms with Gasteiger partial charge in [0.1, 0.15) is 6.04 Å². The number of benzene rings is 4. The van der Waals surface area contributed by atoms with Gasteiger partial charge in [0.25, 0.3) is 0 Å². The zero-order valence-electron chi connectivity index (χ0n) is 23.5. The van der Waals surface area contributed by atoms with Gasteiger partial charge in [-0.3, -0.25) is 9.59 Å². The molecule has 0 aliphatic carbocycles. The third-order valence-electron chi connectivity index (χ3n) is 7.09. The average Bonchev–Trinajstić information content (AvgIpc) is 2.98. The first-order valence-electron chi connectivity index (χ1n) is 14.0. The minimum atomic E-state index is -0.734. The molecule has 1 N–H and O–H groups in total. The minimum Gasteiger partial charge on any atom is -0.354 e. The van der Waals surface area contributed by atoms with Crippen molar-refractivity contribution in [2.45, 2.75) is 45.2 Å². The summed E-state index contributed by atoms with van der Waals surface area (Å²) in [5.74, 6) is -0.220. The van der Waals surface area contributed by atoms with Crippen molar-refractivity contribution in [3.05, 3.63) is 141 Å². The molecule has 0 aliphatic rings. The molecule has 1 atom stereocenters. The Kier molecular flexibility index (Phi) is 11.0. The molecule has 0 fully saturated rings. The van der Waals surface area contributed by atoms with Gasteiger partial charge in [-0.05, 0) is 40.3 Å². The van der Waals surface area contributed by atoms with Gasteiger partial charge in [-0.1, -0.05) is 134 Å². The molecule has 4 aromatic carbocycles. The Balaban J connectivity index is 1.75. The number of hydrogen-bond acceptors (Lipinski definition) is 2. The number of rotatable bonds is 12. The first-order chi connectivity index (χ1) is 19.8. The van der Waals surface area contributed by atoms with E-state index in [1.165, 1.54) is 0 Å². The number of amides is 2. The lowest BCUT2D eigenvalue weighted by molar-refractivity contribution is -0.141. The van der Waals surface area contributed by atoms with Crippen LogP contribution in [0, 0.1) is 5.92 Å². The largest absolute Gasteiger partial charge is 0.354 e. The number of carbonyl (C=O) groups excluding carboxylic acids is 2. The number of nitrogens with zero attached hydrogens (tertiary/aromatic N) is 1. The number of halogens is 2. The fourth-order valence-corrected chi connectivity index (χ4v) is 5.37. The van der Waals surface area contributed by atoms with Gasteiger partial charge in [0, 0.05) is 41.9 Å². The summed E-state index contributed by atoms with van der Waals surface area (Å²) >= 11 is 12.8. The molecule has 2 amide bonds. The Labute approximate surface area is 253 Å². The van der Waals surface area contributed by atoms with E-state index in [0.29, 0.717) is 23.0 Å². The Morgan fingerprint density at radius 2 is 1.34 bits per heavy atom. The second-order valence-corrected chi connectivity index (χ2v) is 11.5. The van der Waals surface area contributed by atoms with Crippen LogP contribution in [0.15, 0.2) is 109 Å². The van der Waals surface area contributed by atoms with Crippen molar-refractivity contribution < 1.29 is 9.59 Å². The van der Waals surface area contributed by atoms with E-state index in [1.807, 2.05) is 111 Å². The van der Waals surface area contributed by atoms with Crippen LogP contribution in [0.1, 0.15) is 48.4 Å². The molecule has 0 radical (unpaired) electrons. The van der Waals surface area contributed by atoms with Gasteiger partial charge >= 0.3 is 0 Å². The summed E-state index contributed by atoms with van der Waals surface area (Å²) in [6.45, 7) is 4.79. The van der Waals surface area contributed by atoms with Crippen LogP contribution in [0.2, 0.25) is 10.0 Å². The standard InChI is InChI=1S/C35H36Cl2N2O2/c1-25(2)23-38-35(41)33(20-26-12-6-3-7-13-26)39(24-29-18-19-30(36)21-32(29)37)34(40)22-31(27-14-8-4-9-15-27)28-16-10-5-11-17-28/h3-19,21,25,31,33H,20,22-24H2,1-2H3,(H,38,41)/t33-/m0/s1. The normalized spacial score (nSPS) is 11.9. The fraction of sp³-hybridized carbons (Fsp3) is 0.257. The van der Waals surface area contributed by atoms with Crippen molar-refractivity contribution in [3.8, 4) is 0 Å². The molecular formula is C35H36Cl2N2O2. The lowest BCUT2D eigenvalue weighted by Crippen LogP contribution is -2.51. The second-order valence-electron chi connectivity index (χ2n) is 10.7. The van der Waals surface area contributed by atoms with E-state index in [0.717, 1.165) is 22.3 Å². The monoisotopic (exact) mass is 586 g/mol. The van der Waals surface area contributed by atoms with Gasteiger partial charge in [0.2, 0.25) is 11.8 Å². The maximum absolute atomic E-state index is 14.4. The van der Waals surface area contributed by atoms with Crippen LogP contribution in [0.3, 0.4) is 0 Å². The number of hydrogen-bond donors (Lipinski definition) is 1. The van der Waals surface area contributed by atoms with E-state index in [2.05, 4.69) is 5.32 Å². The molecule has 6 heteroatoms. The quantitative estimate of drug-likeness (QED) is 0.183. The van der Waals surface area contributed by atoms with Gasteiger partial charge in [-0.15, -0.1) is 0 Å². The van der Waals surface area contributed by atoms with Crippen molar-refractivity contribution in [1.29, 1.82) is 0 Å². The first kappa shape index (κ1) is 30.4. The molecular weight excluding hydrogens is 551 g/mol. The minimum absolute atomic E-state index is 0.130. The summed E-state index contributed by atoms with van der Waals surface area (Å²) in [5.41, 5.74) is 3.79. The topological polar surface area (TPSA) is 49.4 Å². The lowest BCUT2D eigenvalue weighted by Gasteiger charge is -2.33. The van der Waals surface area contributed by atoms with Crippen LogP contribution in [-0.4, -0.2) is 29.3 Å². The zero-order valence-corrected chi connectivity index (χ0v) is 25.0. The van der Waals surface area contributed by atoms with Crippen LogP contribution < -0.4 is 5.32 Å². The molecule has 0 heterocycles. The molecule has 212 valence electrons. The highest BCUT2D eigenvalue weighted by Gasteiger charge is 2.32. The molecule has 41 heavy (non-hydrogen) atoms. The van der Waals surface area contributed by atoms with E-state index in [4.69, 9.17) is 23.2 Å². The molecule has 0 spiro atoms. The molecule has 0 bridgehead atoms. The van der Waals surface area contributed by atoms with Gasteiger partial charge in [0.15, 0.2) is 0 Å². The molecule has 4 rings (SSSR count). The van der Waals surface area contributed by atoms with Gasteiger partial charge < -0.3 is 10.2 Å². The highest BCUT2D eigenvalue weighted by Crippen LogP contribution is 2.31. The van der Waals surface area contributed by atoms with Crippen molar-refractivity contribution in [2.24, 2.45) is 5.92 Å². The molecule has 0 saturated carbocycles. The van der Waals surface area contributed by atoms with Gasteiger partial charge in [0.05, 0.1) is 0 Å². The molecule has 4 nitrogen and oxygen atoms in total. The summed E-state index contributed by atoms with van der Waals surface area (Å²) < 4.78 is 0. The Morgan fingerprint density at radius 1 is 0.780 bits per heavy atom. The Bertz CT molecular complexity index is 1370. The molecule has 0 unspecified atom stereocenters. The van der Waals surface area contributed by atoms with Crippen molar-refractivity contribution in [3.63, 3.8) is 0 Å².